The van der Waals surface area contributed by atoms with Crippen molar-refractivity contribution in [3.8, 4) is 0 Å². The third-order valence-electron chi connectivity index (χ3n) is 4.07. The maximum Gasteiger partial charge on any atom is 0.126 e. The van der Waals surface area contributed by atoms with Crippen molar-refractivity contribution in [2.45, 2.75) is 18.5 Å². The normalized spacial score (nSPS) is 18.8. The number of rotatable bonds is 4. The molecule has 116 valence electrons. The van der Waals surface area contributed by atoms with Gasteiger partial charge in [-0.1, -0.05) is 29.8 Å². The van der Waals surface area contributed by atoms with Crippen LogP contribution in [0.15, 0.2) is 30.3 Å². The molecule has 0 spiro atoms. The zero-order valence-corrected chi connectivity index (χ0v) is 13.5. The van der Waals surface area contributed by atoms with Gasteiger partial charge in [0, 0.05) is 25.2 Å². The van der Waals surface area contributed by atoms with Gasteiger partial charge in [-0.25, -0.2) is 0 Å². The molecule has 4 nitrogen and oxygen atoms in total. The lowest BCUT2D eigenvalue weighted by Crippen LogP contribution is -2.36. The van der Waals surface area contributed by atoms with Crippen molar-refractivity contribution in [1.82, 2.24) is 14.4 Å². The molecule has 0 fully saturated rings. The van der Waals surface area contributed by atoms with Gasteiger partial charge >= 0.3 is 0 Å². The van der Waals surface area contributed by atoms with Crippen molar-refractivity contribution in [3.05, 3.63) is 36.0 Å². The van der Waals surface area contributed by atoms with E-state index in [1.165, 1.54) is 16.6 Å². The summed E-state index contributed by atoms with van der Waals surface area (Å²) in [5.74, 6) is 0. The largest absolute Gasteiger partial charge is 0.412 e. The molecule has 1 aromatic carbocycles. The van der Waals surface area contributed by atoms with Gasteiger partial charge in [0.05, 0.1) is 5.69 Å². The van der Waals surface area contributed by atoms with Crippen molar-refractivity contribution in [2.75, 3.05) is 33.7 Å². The van der Waals surface area contributed by atoms with Crippen LogP contribution >= 0.6 is 11.6 Å². The number of halogens is 1. The molecule has 21 heavy (non-hydrogen) atoms. The Balaban J connectivity index is 0.00000161. The van der Waals surface area contributed by atoms with Crippen molar-refractivity contribution in [2.24, 2.45) is 0 Å². The van der Waals surface area contributed by atoms with Crippen LogP contribution in [0.4, 0.5) is 0 Å². The molecule has 1 aromatic heterocycles. The monoisotopic (exact) mass is 309 g/mol. The fraction of sp³-hybridized carbons (Fsp3) is 0.500. The van der Waals surface area contributed by atoms with Crippen LogP contribution in [0.5, 0.6) is 0 Å². The van der Waals surface area contributed by atoms with Gasteiger partial charge in [0.15, 0.2) is 0 Å². The number of hydrogen-bond acceptors (Lipinski definition) is 2. The predicted octanol–water partition coefficient (Wildman–Crippen LogP) is 2.32. The van der Waals surface area contributed by atoms with Crippen LogP contribution in [0.1, 0.15) is 17.6 Å². The lowest BCUT2D eigenvalue weighted by atomic mass is 10.2. The van der Waals surface area contributed by atoms with E-state index in [9.17, 15) is 0 Å². The van der Waals surface area contributed by atoms with Gasteiger partial charge < -0.3 is 14.9 Å². The highest BCUT2D eigenvalue weighted by atomic mass is 35.5. The van der Waals surface area contributed by atoms with Crippen LogP contribution in [0, 0.1) is 0 Å². The molecule has 2 N–H and O–H groups in total. The minimum Gasteiger partial charge on any atom is -0.412 e. The smallest absolute Gasteiger partial charge is 0.126 e. The molecule has 0 radical (unpaired) electrons. The summed E-state index contributed by atoms with van der Waals surface area (Å²) in [6.45, 7) is 4.25. The van der Waals surface area contributed by atoms with Gasteiger partial charge in [-0.05, 0) is 44.6 Å². The second-order valence-corrected chi connectivity index (χ2v) is 6.22. The van der Waals surface area contributed by atoms with Crippen LogP contribution in [-0.2, 0) is 6.54 Å². The molecule has 0 aliphatic carbocycles. The summed E-state index contributed by atoms with van der Waals surface area (Å²) in [7, 11) is 4.23. The summed E-state index contributed by atoms with van der Waals surface area (Å²) in [5.41, 5.74) is 2.54. The van der Waals surface area contributed by atoms with E-state index < -0.39 is 0 Å². The van der Waals surface area contributed by atoms with Crippen molar-refractivity contribution >= 4 is 22.5 Å². The Hall–Kier alpha value is -1.07. The lowest BCUT2D eigenvalue weighted by molar-refractivity contribution is 0.201. The zero-order chi connectivity index (χ0) is 14.1. The van der Waals surface area contributed by atoms with Gasteiger partial charge in [-0.15, -0.1) is 0 Å². The molecule has 0 amide bonds. The second kappa shape index (κ2) is 6.79. The maximum atomic E-state index is 6.69. The van der Waals surface area contributed by atoms with Crippen LogP contribution in [0.25, 0.3) is 10.9 Å². The molecule has 3 rings (SSSR count). The molecule has 0 bridgehead atoms. The first-order chi connectivity index (χ1) is 9.66. The second-order valence-electron chi connectivity index (χ2n) is 5.81. The van der Waals surface area contributed by atoms with Gasteiger partial charge in [-0.3, -0.25) is 4.90 Å². The van der Waals surface area contributed by atoms with Crippen LogP contribution in [-0.4, -0.2) is 53.6 Å². The Morgan fingerprint density at radius 1 is 1.24 bits per heavy atom. The number of aromatic nitrogens is 1. The van der Waals surface area contributed by atoms with Crippen LogP contribution < -0.4 is 0 Å². The zero-order valence-electron chi connectivity index (χ0n) is 12.7. The van der Waals surface area contributed by atoms with E-state index in [-0.39, 0.29) is 11.0 Å². The quantitative estimate of drug-likeness (QED) is 0.642. The van der Waals surface area contributed by atoms with Gasteiger partial charge in [0.1, 0.15) is 5.50 Å². The molecule has 2 heterocycles. The average Bonchev–Trinajstić information content (AvgIpc) is 2.81. The van der Waals surface area contributed by atoms with E-state index in [0.717, 1.165) is 32.6 Å². The number of benzene rings is 1. The number of hydrogen-bond donors (Lipinski definition) is 0. The number of fused-ring (bicyclic) bond motifs is 3. The topological polar surface area (TPSA) is 42.9 Å². The summed E-state index contributed by atoms with van der Waals surface area (Å²) < 4.78 is 2.37. The number of para-hydroxylation sites is 1. The summed E-state index contributed by atoms with van der Waals surface area (Å²) in [6, 6.07) is 10.8. The van der Waals surface area contributed by atoms with Crippen molar-refractivity contribution in [1.29, 1.82) is 0 Å². The Labute approximate surface area is 131 Å². The Morgan fingerprint density at radius 3 is 2.76 bits per heavy atom. The molecule has 5 heteroatoms. The molecule has 0 saturated heterocycles. The Bertz CT molecular complexity index is 596. The summed E-state index contributed by atoms with van der Waals surface area (Å²) in [6.07, 6.45) is 1.16. The van der Waals surface area contributed by atoms with Crippen LogP contribution in [0.2, 0.25) is 0 Å². The highest BCUT2D eigenvalue weighted by molar-refractivity contribution is 6.20. The highest BCUT2D eigenvalue weighted by Crippen LogP contribution is 2.34. The average molecular weight is 310 g/mol. The van der Waals surface area contributed by atoms with E-state index in [2.05, 4.69) is 58.8 Å². The van der Waals surface area contributed by atoms with Crippen molar-refractivity contribution in [3.63, 3.8) is 0 Å². The maximum absolute atomic E-state index is 6.69. The molecule has 0 saturated carbocycles. The molecular formula is C16H24ClN3O. The SMILES string of the molecule is CN(C)CCCN1CCn2c(cc3ccccc32)C1Cl.O. The Morgan fingerprint density at radius 2 is 2.00 bits per heavy atom. The minimum atomic E-state index is -0.00156. The molecule has 1 aliphatic rings. The summed E-state index contributed by atoms with van der Waals surface area (Å²) >= 11 is 6.69. The van der Waals surface area contributed by atoms with E-state index in [1.807, 2.05) is 0 Å². The van der Waals surface area contributed by atoms with Crippen molar-refractivity contribution < 1.29 is 5.48 Å². The lowest BCUT2D eigenvalue weighted by Gasteiger charge is -2.33. The van der Waals surface area contributed by atoms with E-state index in [0.29, 0.717) is 0 Å². The van der Waals surface area contributed by atoms with Crippen LogP contribution in [0.3, 0.4) is 0 Å². The number of nitrogens with zero attached hydrogens (tertiary/aromatic N) is 3. The first-order valence-corrected chi connectivity index (χ1v) is 7.71. The third-order valence-corrected chi connectivity index (χ3v) is 4.57. The fourth-order valence-corrected chi connectivity index (χ4v) is 3.40. The summed E-state index contributed by atoms with van der Waals surface area (Å²) in [4.78, 5) is 4.61. The fourth-order valence-electron chi connectivity index (χ4n) is 3.02. The van der Waals surface area contributed by atoms with Gasteiger partial charge in [0.25, 0.3) is 0 Å². The van der Waals surface area contributed by atoms with Gasteiger partial charge in [-0.2, -0.15) is 0 Å². The Kier molecular flexibility index (Phi) is 5.27. The van der Waals surface area contributed by atoms with E-state index >= 15 is 0 Å². The first kappa shape index (κ1) is 16.3. The standard InChI is InChI=1S/C16H22ClN3.H2O/c1-18(2)8-5-9-19-10-11-20-14-7-4-3-6-13(14)12-15(20)16(19)17;/h3-4,6-7,12,16H,5,8-11H2,1-2H3;1H2. The molecule has 1 unspecified atom stereocenters. The molecule has 1 atom stereocenters. The minimum absolute atomic E-state index is 0. The van der Waals surface area contributed by atoms with Gasteiger partial charge in [0.2, 0.25) is 0 Å². The highest BCUT2D eigenvalue weighted by Gasteiger charge is 2.26. The molecule has 1 aliphatic heterocycles. The molecular weight excluding hydrogens is 286 g/mol. The third kappa shape index (κ3) is 3.24. The summed E-state index contributed by atoms with van der Waals surface area (Å²) in [5, 5.41) is 1.29. The van der Waals surface area contributed by atoms with E-state index in [1.54, 1.807) is 0 Å². The van der Waals surface area contributed by atoms with E-state index in [4.69, 9.17) is 11.6 Å². The molecule has 2 aromatic rings. The first-order valence-electron chi connectivity index (χ1n) is 7.28. The predicted molar refractivity (Wildman–Crippen MR) is 88.9 cm³/mol. The number of alkyl halides is 1.